The Kier molecular flexibility index (Phi) is 5.35. The number of carbonyl (C=O) groups is 2. The van der Waals surface area contributed by atoms with Gasteiger partial charge in [0.2, 0.25) is 5.91 Å². The highest BCUT2D eigenvalue weighted by Crippen LogP contribution is 2.25. The van der Waals surface area contributed by atoms with E-state index in [0.717, 1.165) is 6.42 Å². The maximum atomic E-state index is 12.7. The van der Waals surface area contributed by atoms with Gasteiger partial charge < -0.3 is 16.0 Å². The fraction of sp³-hybridized carbons (Fsp3) is 0.500. The maximum absolute atomic E-state index is 12.7. The van der Waals surface area contributed by atoms with E-state index in [4.69, 9.17) is 5.73 Å². The number of hydrogen-bond acceptors (Lipinski definition) is 4. The third kappa shape index (κ3) is 4.51. The quantitative estimate of drug-likeness (QED) is 0.785. The fourth-order valence-corrected chi connectivity index (χ4v) is 2.60. The topological polar surface area (TPSA) is 88.3 Å². The number of primary amides is 1. The van der Waals surface area contributed by atoms with Crippen LogP contribution in [0.5, 0.6) is 0 Å². The summed E-state index contributed by atoms with van der Waals surface area (Å²) in [5.74, 6) is -1.68. The number of piperidine rings is 1. The minimum atomic E-state index is -3.95. The Bertz CT molecular complexity index is 594. The Balaban J connectivity index is 2.11. The standard InChI is InChI=1S/C14H17ClF2N4O2/c15-14(16,17)13(23)20-7-9-3-1-5-19-12(9)21-6-2-4-10(8-21)11(18)22/h1,3,5,10H,2,4,6-8H2,(H2,18,22)(H,20,23)/t10-/m0/s1. The van der Waals surface area contributed by atoms with Crippen LogP contribution in [0.25, 0.3) is 0 Å². The first kappa shape index (κ1) is 17.4. The van der Waals surface area contributed by atoms with Crippen molar-refractivity contribution >= 4 is 29.2 Å². The second-order valence-electron chi connectivity index (χ2n) is 5.35. The van der Waals surface area contributed by atoms with Crippen molar-refractivity contribution in [1.29, 1.82) is 0 Å². The summed E-state index contributed by atoms with van der Waals surface area (Å²) >= 11 is 4.67. The number of alkyl halides is 3. The lowest BCUT2D eigenvalue weighted by atomic mass is 9.97. The van der Waals surface area contributed by atoms with E-state index < -0.39 is 11.3 Å². The molecule has 0 aliphatic carbocycles. The largest absolute Gasteiger partial charge is 0.399 e. The van der Waals surface area contributed by atoms with Crippen molar-refractivity contribution in [3.8, 4) is 0 Å². The average Bonchev–Trinajstić information content (AvgIpc) is 2.52. The lowest BCUT2D eigenvalue weighted by Crippen LogP contribution is -2.42. The van der Waals surface area contributed by atoms with Gasteiger partial charge in [0, 0.05) is 31.4 Å². The zero-order valence-corrected chi connectivity index (χ0v) is 13.0. The number of rotatable bonds is 5. The molecule has 2 heterocycles. The maximum Gasteiger partial charge on any atom is 0.399 e. The van der Waals surface area contributed by atoms with Gasteiger partial charge in [-0.3, -0.25) is 9.59 Å². The van der Waals surface area contributed by atoms with Crippen molar-refractivity contribution in [2.75, 3.05) is 18.0 Å². The van der Waals surface area contributed by atoms with E-state index in [9.17, 15) is 18.4 Å². The number of amides is 2. The summed E-state index contributed by atoms with van der Waals surface area (Å²) in [4.78, 5) is 28.7. The van der Waals surface area contributed by atoms with Gasteiger partial charge in [0.05, 0.1) is 5.92 Å². The van der Waals surface area contributed by atoms with E-state index in [1.807, 2.05) is 4.90 Å². The Morgan fingerprint density at radius 2 is 2.26 bits per heavy atom. The molecule has 0 saturated carbocycles. The van der Waals surface area contributed by atoms with Crippen molar-refractivity contribution in [1.82, 2.24) is 10.3 Å². The lowest BCUT2D eigenvalue weighted by Gasteiger charge is -2.33. The third-order valence-electron chi connectivity index (χ3n) is 3.69. The van der Waals surface area contributed by atoms with Crippen molar-refractivity contribution in [2.45, 2.75) is 24.8 Å². The van der Waals surface area contributed by atoms with Crippen LogP contribution in [0, 0.1) is 5.92 Å². The Morgan fingerprint density at radius 3 is 2.91 bits per heavy atom. The van der Waals surface area contributed by atoms with E-state index in [2.05, 4.69) is 21.9 Å². The molecule has 0 bridgehead atoms. The lowest BCUT2D eigenvalue weighted by molar-refractivity contribution is -0.135. The first-order valence-corrected chi connectivity index (χ1v) is 7.50. The van der Waals surface area contributed by atoms with Crippen molar-refractivity contribution in [3.63, 3.8) is 0 Å². The monoisotopic (exact) mass is 346 g/mol. The summed E-state index contributed by atoms with van der Waals surface area (Å²) in [7, 11) is 0. The normalized spacial score (nSPS) is 18.6. The molecular weight excluding hydrogens is 330 g/mol. The number of pyridine rings is 1. The highest BCUT2D eigenvalue weighted by atomic mass is 35.5. The molecule has 0 spiro atoms. The molecule has 1 saturated heterocycles. The second kappa shape index (κ2) is 7.08. The molecule has 1 aliphatic rings. The molecule has 6 nitrogen and oxygen atoms in total. The number of halogens is 3. The molecule has 2 amide bonds. The Labute approximate surface area is 137 Å². The summed E-state index contributed by atoms with van der Waals surface area (Å²) in [6.45, 7) is 0.953. The van der Waals surface area contributed by atoms with Crippen LogP contribution in [0.1, 0.15) is 18.4 Å². The van der Waals surface area contributed by atoms with E-state index >= 15 is 0 Å². The van der Waals surface area contributed by atoms with Crippen LogP contribution in [0.15, 0.2) is 18.3 Å². The fourth-order valence-electron chi connectivity index (χ4n) is 2.53. The molecule has 0 radical (unpaired) electrons. The highest BCUT2D eigenvalue weighted by Gasteiger charge is 2.35. The molecule has 2 rings (SSSR count). The van der Waals surface area contributed by atoms with Gasteiger partial charge >= 0.3 is 11.3 Å². The number of carbonyl (C=O) groups excluding carboxylic acids is 2. The summed E-state index contributed by atoms with van der Waals surface area (Å²) in [6, 6.07) is 3.31. The van der Waals surface area contributed by atoms with Crippen molar-refractivity contribution in [3.05, 3.63) is 23.9 Å². The van der Waals surface area contributed by atoms with Crippen LogP contribution in [0.2, 0.25) is 0 Å². The van der Waals surface area contributed by atoms with Gasteiger partial charge in [0.1, 0.15) is 5.82 Å². The van der Waals surface area contributed by atoms with Gasteiger partial charge in [-0.15, -0.1) is 0 Å². The predicted molar refractivity (Wildman–Crippen MR) is 81.0 cm³/mol. The smallest absolute Gasteiger partial charge is 0.369 e. The molecule has 1 fully saturated rings. The summed E-state index contributed by atoms with van der Waals surface area (Å²) in [6.07, 6.45) is 3.05. The first-order chi connectivity index (χ1) is 10.8. The van der Waals surface area contributed by atoms with Gasteiger partial charge in [-0.05, 0) is 30.5 Å². The first-order valence-electron chi connectivity index (χ1n) is 7.12. The van der Waals surface area contributed by atoms with Crippen molar-refractivity contribution in [2.24, 2.45) is 11.7 Å². The molecule has 1 atom stereocenters. The number of aromatic nitrogens is 1. The molecule has 9 heteroatoms. The van der Waals surface area contributed by atoms with Crippen LogP contribution in [0.3, 0.4) is 0 Å². The van der Waals surface area contributed by atoms with Gasteiger partial charge in [-0.25, -0.2) is 4.98 Å². The van der Waals surface area contributed by atoms with E-state index in [-0.39, 0.29) is 18.4 Å². The van der Waals surface area contributed by atoms with Crippen LogP contribution in [0.4, 0.5) is 14.6 Å². The van der Waals surface area contributed by atoms with Gasteiger partial charge in [0.15, 0.2) is 0 Å². The number of nitrogens with two attached hydrogens (primary N) is 1. The zero-order chi connectivity index (χ0) is 17.0. The predicted octanol–water partition coefficient (Wildman–Crippen LogP) is 1.23. The molecule has 23 heavy (non-hydrogen) atoms. The molecule has 126 valence electrons. The second-order valence-corrected chi connectivity index (χ2v) is 5.83. The van der Waals surface area contributed by atoms with Crippen LogP contribution in [-0.2, 0) is 16.1 Å². The third-order valence-corrected chi connectivity index (χ3v) is 3.86. The summed E-state index contributed by atoms with van der Waals surface area (Å²) in [5.41, 5.74) is 5.91. The molecule has 1 aromatic heterocycles. The Morgan fingerprint density at radius 1 is 1.52 bits per heavy atom. The van der Waals surface area contributed by atoms with Gasteiger partial charge in [-0.2, -0.15) is 8.78 Å². The number of nitrogens with zero attached hydrogens (tertiary/aromatic N) is 2. The molecule has 1 aliphatic heterocycles. The van der Waals surface area contributed by atoms with Crippen molar-refractivity contribution < 1.29 is 18.4 Å². The van der Waals surface area contributed by atoms with Crippen LogP contribution >= 0.6 is 11.6 Å². The molecular formula is C14H17ClF2N4O2. The minimum Gasteiger partial charge on any atom is -0.369 e. The SMILES string of the molecule is NC(=O)[C@H]1CCCN(c2ncccc2CNC(=O)C(F)(F)Cl)C1. The van der Waals surface area contributed by atoms with E-state index in [1.54, 1.807) is 18.3 Å². The summed E-state index contributed by atoms with van der Waals surface area (Å²) < 4.78 is 25.4. The highest BCUT2D eigenvalue weighted by molar-refractivity contribution is 6.32. The average molecular weight is 347 g/mol. The Hall–Kier alpha value is -1.96. The zero-order valence-electron chi connectivity index (χ0n) is 12.3. The number of hydrogen-bond donors (Lipinski definition) is 2. The molecule has 1 aromatic rings. The molecule has 0 unspecified atom stereocenters. The molecule has 0 aromatic carbocycles. The van der Waals surface area contributed by atoms with Crippen LogP contribution in [-0.4, -0.2) is 35.3 Å². The van der Waals surface area contributed by atoms with Crippen LogP contribution < -0.4 is 16.0 Å². The minimum absolute atomic E-state index is 0.137. The van der Waals surface area contributed by atoms with E-state index in [1.165, 1.54) is 0 Å². The molecule has 3 N–H and O–H groups in total. The van der Waals surface area contributed by atoms with Gasteiger partial charge in [-0.1, -0.05) is 6.07 Å². The summed E-state index contributed by atoms with van der Waals surface area (Å²) in [5, 5.41) is -1.88. The van der Waals surface area contributed by atoms with Gasteiger partial charge in [0.25, 0.3) is 0 Å². The number of anilines is 1. The number of nitrogens with one attached hydrogen (secondary N) is 1. The van der Waals surface area contributed by atoms with E-state index in [0.29, 0.717) is 30.9 Å².